The van der Waals surface area contributed by atoms with Crippen molar-refractivity contribution >= 4 is 10.9 Å². The molecule has 0 atom stereocenters. The van der Waals surface area contributed by atoms with Gasteiger partial charge in [-0.2, -0.15) is 5.10 Å². The maximum atomic E-state index is 4.13. The normalized spacial score (nSPS) is 10.8. The molecule has 0 bridgehead atoms. The molecule has 0 saturated heterocycles. The summed E-state index contributed by atoms with van der Waals surface area (Å²) in [7, 11) is 1.91. The Hall–Kier alpha value is -1.42. The molecule has 2 heterocycles. The highest BCUT2D eigenvalue weighted by Gasteiger charge is 2.02. The Morgan fingerprint density at radius 2 is 2.50 bits per heavy atom. The van der Waals surface area contributed by atoms with Crippen molar-refractivity contribution < 1.29 is 0 Å². The smallest absolute Gasteiger partial charge is 0.0955 e. The van der Waals surface area contributed by atoms with E-state index in [0.29, 0.717) is 0 Å². The molecule has 0 aliphatic rings. The van der Waals surface area contributed by atoms with Crippen LogP contribution in [0.1, 0.15) is 5.69 Å². The molecule has 0 aliphatic carbocycles. The summed E-state index contributed by atoms with van der Waals surface area (Å²) in [4.78, 5) is 4.04. The zero-order chi connectivity index (χ0) is 8.39. The summed E-state index contributed by atoms with van der Waals surface area (Å²) in [6.07, 6.45) is 3.57. The van der Waals surface area contributed by atoms with Crippen molar-refractivity contribution in [1.82, 2.24) is 20.5 Å². The Morgan fingerprint density at radius 3 is 3.33 bits per heavy atom. The molecule has 4 heteroatoms. The molecule has 2 aromatic heterocycles. The molecule has 0 aliphatic heterocycles. The van der Waals surface area contributed by atoms with E-state index in [1.807, 2.05) is 19.3 Å². The number of nitrogens with one attached hydrogen (secondary N) is 2. The SMILES string of the molecule is CNCc1[nH]nc2ccncc12. The standard InChI is InChI=1S/C8H10N4/c1-9-5-8-6-4-10-3-2-7(6)11-12-8/h2-4,9H,5H2,1H3,(H,11,12). The van der Waals surface area contributed by atoms with Gasteiger partial charge >= 0.3 is 0 Å². The summed E-state index contributed by atoms with van der Waals surface area (Å²) in [5.74, 6) is 0. The largest absolute Gasteiger partial charge is 0.314 e. The van der Waals surface area contributed by atoms with E-state index in [2.05, 4.69) is 20.5 Å². The highest BCUT2D eigenvalue weighted by molar-refractivity contribution is 5.79. The van der Waals surface area contributed by atoms with Gasteiger partial charge in [-0.15, -0.1) is 0 Å². The summed E-state index contributed by atoms with van der Waals surface area (Å²) in [5, 5.41) is 11.2. The lowest BCUT2D eigenvalue weighted by Crippen LogP contribution is -2.05. The van der Waals surface area contributed by atoms with Gasteiger partial charge in [-0.3, -0.25) is 10.1 Å². The summed E-state index contributed by atoms with van der Waals surface area (Å²) in [6.45, 7) is 0.794. The third-order valence-corrected chi connectivity index (χ3v) is 1.79. The fourth-order valence-electron chi connectivity index (χ4n) is 1.22. The molecule has 0 saturated carbocycles. The first-order chi connectivity index (χ1) is 5.92. The predicted octanol–water partition coefficient (Wildman–Crippen LogP) is 0.677. The van der Waals surface area contributed by atoms with Crippen molar-refractivity contribution in [3.8, 4) is 0 Å². The molecule has 0 radical (unpaired) electrons. The van der Waals surface area contributed by atoms with Crippen LogP contribution in [0.2, 0.25) is 0 Å². The minimum Gasteiger partial charge on any atom is -0.314 e. The van der Waals surface area contributed by atoms with E-state index >= 15 is 0 Å². The lowest BCUT2D eigenvalue weighted by Gasteiger charge is -1.93. The monoisotopic (exact) mass is 162 g/mol. The molecule has 2 aromatic rings. The van der Waals surface area contributed by atoms with Gasteiger partial charge in [0.2, 0.25) is 0 Å². The van der Waals surface area contributed by atoms with Gasteiger partial charge < -0.3 is 5.32 Å². The van der Waals surface area contributed by atoms with Crippen molar-refractivity contribution in [3.63, 3.8) is 0 Å². The van der Waals surface area contributed by atoms with Crippen molar-refractivity contribution in [3.05, 3.63) is 24.2 Å². The fourth-order valence-corrected chi connectivity index (χ4v) is 1.22. The molecule has 2 rings (SSSR count). The third kappa shape index (κ3) is 1.06. The van der Waals surface area contributed by atoms with Crippen LogP contribution < -0.4 is 5.32 Å². The van der Waals surface area contributed by atoms with Gasteiger partial charge in [0.05, 0.1) is 11.2 Å². The molecule has 2 N–H and O–H groups in total. The number of aromatic nitrogens is 3. The van der Waals surface area contributed by atoms with Gasteiger partial charge in [-0.25, -0.2) is 0 Å². The molecule has 0 fully saturated rings. The minimum atomic E-state index is 0.794. The van der Waals surface area contributed by atoms with Gasteiger partial charge in [0.25, 0.3) is 0 Å². The van der Waals surface area contributed by atoms with Crippen LogP contribution in [-0.4, -0.2) is 22.2 Å². The van der Waals surface area contributed by atoms with Crippen LogP contribution in [0.4, 0.5) is 0 Å². The lowest BCUT2D eigenvalue weighted by atomic mass is 10.2. The molecule has 62 valence electrons. The van der Waals surface area contributed by atoms with Crippen molar-refractivity contribution in [2.75, 3.05) is 7.05 Å². The average molecular weight is 162 g/mol. The zero-order valence-corrected chi connectivity index (χ0v) is 6.83. The Kier molecular flexibility index (Phi) is 1.75. The van der Waals surface area contributed by atoms with Crippen LogP contribution in [0.5, 0.6) is 0 Å². The Balaban J connectivity index is 2.55. The predicted molar refractivity (Wildman–Crippen MR) is 46.7 cm³/mol. The average Bonchev–Trinajstić information content (AvgIpc) is 2.50. The summed E-state index contributed by atoms with van der Waals surface area (Å²) >= 11 is 0. The number of hydrogen-bond acceptors (Lipinski definition) is 3. The fraction of sp³-hybridized carbons (Fsp3) is 0.250. The number of aromatic amines is 1. The van der Waals surface area contributed by atoms with E-state index in [-0.39, 0.29) is 0 Å². The van der Waals surface area contributed by atoms with E-state index in [0.717, 1.165) is 23.1 Å². The Bertz CT molecular complexity index is 379. The highest BCUT2D eigenvalue weighted by Crippen LogP contribution is 2.12. The van der Waals surface area contributed by atoms with Crippen molar-refractivity contribution in [2.24, 2.45) is 0 Å². The minimum absolute atomic E-state index is 0.794. The third-order valence-electron chi connectivity index (χ3n) is 1.79. The first-order valence-electron chi connectivity index (χ1n) is 3.83. The number of pyridine rings is 1. The van der Waals surface area contributed by atoms with E-state index < -0.39 is 0 Å². The maximum absolute atomic E-state index is 4.13. The molecular weight excluding hydrogens is 152 g/mol. The molecule has 0 aromatic carbocycles. The number of hydrogen-bond donors (Lipinski definition) is 2. The number of fused-ring (bicyclic) bond motifs is 1. The first-order valence-corrected chi connectivity index (χ1v) is 3.83. The molecular formula is C8H10N4. The lowest BCUT2D eigenvalue weighted by molar-refractivity contribution is 0.789. The molecule has 0 spiro atoms. The van der Waals surface area contributed by atoms with Crippen LogP contribution in [0.15, 0.2) is 18.5 Å². The number of H-pyrrole nitrogens is 1. The van der Waals surface area contributed by atoms with Crippen molar-refractivity contribution in [1.29, 1.82) is 0 Å². The van der Waals surface area contributed by atoms with E-state index in [9.17, 15) is 0 Å². The summed E-state index contributed by atoms with van der Waals surface area (Å²) in [5.41, 5.74) is 2.05. The van der Waals surface area contributed by atoms with Crippen LogP contribution in [0.25, 0.3) is 10.9 Å². The van der Waals surface area contributed by atoms with Gasteiger partial charge in [0.1, 0.15) is 0 Å². The number of rotatable bonds is 2. The molecule has 4 nitrogen and oxygen atoms in total. The molecule has 12 heavy (non-hydrogen) atoms. The van der Waals surface area contributed by atoms with Crippen LogP contribution in [0, 0.1) is 0 Å². The van der Waals surface area contributed by atoms with Gasteiger partial charge in [0, 0.05) is 24.3 Å². The molecule has 0 unspecified atom stereocenters. The molecule has 0 amide bonds. The van der Waals surface area contributed by atoms with Gasteiger partial charge in [0.15, 0.2) is 0 Å². The van der Waals surface area contributed by atoms with Crippen molar-refractivity contribution in [2.45, 2.75) is 6.54 Å². The second-order valence-electron chi connectivity index (χ2n) is 2.63. The topological polar surface area (TPSA) is 53.6 Å². The zero-order valence-electron chi connectivity index (χ0n) is 6.83. The van der Waals surface area contributed by atoms with E-state index in [1.54, 1.807) is 6.20 Å². The van der Waals surface area contributed by atoms with Gasteiger partial charge in [-0.1, -0.05) is 0 Å². The summed E-state index contributed by atoms with van der Waals surface area (Å²) in [6, 6.07) is 1.89. The quantitative estimate of drug-likeness (QED) is 0.682. The highest BCUT2D eigenvalue weighted by atomic mass is 15.1. The van der Waals surface area contributed by atoms with Crippen LogP contribution in [-0.2, 0) is 6.54 Å². The first kappa shape index (κ1) is 7.24. The van der Waals surface area contributed by atoms with E-state index in [1.165, 1.54) is 0 Å². The number of nitrogens with zero attached hydrogens (tertiary/aromatic N) is 2. The van der Waals surface area contributed by atoms with Gasteiger partial charge in [-0.05, 0) is 13.1 Å². The second kappa shape index (κ2) is 2.91. The Labute approximate surface area is 70.0 Å². The van der Waals surface area contributed by atoms with E-state index in [4.69, 9.17) is 0 Å². The summed E-state index contributed by atoms with van der Waals surface area (Å²) < 4.78 is 0. The second-order valence-corrected chi connectivity index (χ2v) is 2.63. The Morgan fingerprint density at radius 1 is 1.58 bits per heavy atom. The van der Waals surface area contributed by atoms with Crippen LogP contribution in [0.3, 0.4) is 0 Å². The maximum Gasteiger partial charge on any atom is 0.0955 e. The van der Waals surface area contributed by atoms with Crippen LogP contribution >= 0.6 is 0 Å².